The Morgan fingerprint density at radius 3 is 2.25 bits per heavy atom. The molecular formula is C7H9F3N2. The van der Waals surface area contributed by atoms with Crippen LogP contribution in [0.15, 0.2) is 29.4 Å². The molecule has 0 aromatic carbocycles. The Balaban J connectivity index is 4.19. The summed E-state index contributed by atoms with van der Waals surface area (Å²) in [5.74, 6) is 0. The SMILES string of the molecule is C=C(C=NC(=C)C(F)(F)F)CN. The van der Waals surface area contributed by atoms with E-state index in [0.717, 1.165) is 6.21 Å². The fourth-order valence-corrected chi connectivity index (χ4v) is 0.295. The van der Waals surface area contributed by atoms with E-state index in [9.17, 15) is 13.2 Å². The van der Waals surface area contributed by atoms with E-state index >= 15 is 0 Å². The summed E-state index contributed by atoms with van der Waals surface area (Å²) in [4.78, 5) is 3.04. The summed E-state index contributed by atoms with van der Waals surface area (Å²) >= 11 is 0. The summed E-state index contributed by atoms with van der Waals surface area (Å²) in [5, 5.41) is 0. The Hall–Kier alpha value is -1.10. The predicted octanol–water partition coefficient (Wildman–Crippen LogP) is 1.65. The largest absolute Gasteiger partial charge is 0.432 e. The van der Waals surface area contributed by atoms with Crippen LogP contribution in [0.5, 0.6) is 0 Å². The van der Waals surface area contributed by atoms with Gasteiger partial charge in [-0.3, -0.25) is 4.99 Å². The third-order valence-electron chi connectivity index (χ3n) is 0.992. The van der Waals surface area contributed by atoms with Crippen LogP contribution in [0, 0.1) is 0 Å². The van der Waals surface area contributed by atoms with Crippen molar-refractivity contribution >= 4 is 6.21 Å². The van der Waals surface area contributed by atoms with Crippen LogP contribution in [0.25, 0.3) is 0 Å². The van der Waals surface area contributed by atoms with Gasteiger partial charge >= 0.3 is 6.18 Å². The number of halogens is 3. The van der Waals surface area contributed by atoms with E-state index in [4.69, 9.17) is 5.73 Å². The van der Waals surface area contributed by atoms with Crippen LogP contribution in [-0.4, -0.2) is 18.9 Å². The molecule has 0 amide bonds. The van der Waals surface area contributed by atoms with Crippen molar-refractivity contribution in [3.63, 3.8) is 0 Å². The highest BCUT2D eigenvalue weighted by Crippen LogP contribution is 2.24. The van der Waals surface area contributed by atoms with Gasteiger partial charge in [-0.2, -0.15) is 13.2 Å². The van der Waals surface area contributed by atoms with Gasteiger partial charge in [0.2, 0.25) is 0 Å². The number of hydrogen-bond donors (Lipinski definition) is 1. The minimum atomic E-state index is -4.48. The van der Waals surface area contributed by atoms with Gasteiger partial charge in [0.25, 0.3) is 0 Å². The van der Waals surface area contributed by atoms with Gasteiger partial charge in [-0.25, -0.2) is 0 Å². The van der Waals surface area contributed by atoms with E-state index in [0.29, 0.717) is 5.57 Å². The number of alkyl halides is 3. The second kappa shape index (κ2) is 4.06. The number of aliphatic imine (C=N–C) groups is 1. The van der Waals surface area contributed by atoms with Crippen molar-refractivity contribution in [1.29, 1.82) is 0 Å². The number of allylic oxidation sites excluding steroid dienone is 1. The van der Waals surface area contributed by atoms with Gasteiger partial charge in [0.15, 0.2) is 0 Å². The molecule has 0 spiro atoms. The Labute approximate surface area is 68.3 Å². The zero-order valence-corrected chi connectivity index (χ0v) is 6.36. The molecule has 0 aliphatic carbocycles. The van der Waals surface area contributed by atoms with Gasteiger partial charge in [0.1, 0.15) is 5.70 Å². The van der Waals surface area contributed by atoms with Crippen molar-refractivity contribution in [3.8, 4) is 0 Å². The topological polar surface area (TPSA) is 38.4 Å². The molecule has 12 heavy (non-hydrogen) atoms. The Kier molecular flexibility index (Phi) is 3.69. The van der Waals surface area contributed by atoms with Crippen LogP contribution in [0.3, 0.4) is 0 Å². The second-order valence-corrected chi connectivity index (χ2v) is 2.07. The predicted molar refractivity (Wildman–Crippen MR) is 41.9 cm³/mol. The number of nitrogens with zero attached hydrogens (tertiary/aromatic N) is 1. The highest BCUT2D eigenvalue weighted by Gasteiger charge is 2.31. The minimum absolute atomic E-state index is 0.0780. The first-order valence-electron chi connectivity index (χ1n) is 3.06. The zero-order valence-electron chi connectivity index (χ0n) is 6.36. The van der Waals surface area contributed by atoms with Gasteiger partial charge in [-0.05, 0) is 5.57 Å². The summed E-state index contributed by atoms with van der Waals surface area (Å²) in [5.41, 5.74) is 4.23. The molecule has 68 valence electrons. The first-order chi connectivity index (χ1) is 5.38. The Bertz CT molecular complexity index is 215. The lowest BCUT2D eigenvalue weighted by Crippen LogP contribution is -2.10. The fraction of sp³-hybridized carbons (Fsp3) is 0.286. The van der Waals surface area contributed by atoms with Crippen molar-refractivity contribution < 1.29 is 13.2 Å². The molecule has 2 nitrogen and oxygen atoms in total. The third-order valence-corrected chi connectivity index (χ3v) is 0.992. The van der Waals surface area contributed by atoms with Crippen LogP contribution in [0.2, 0.25) is 0 Å². The van der Waals surface area contributed by atoms with Crippen molar-refractivity contribution in [3.05, 3.63) is 24.4 Å². The smallest absolute Gasteiger partial charge is 0.326 e. The molecular weight excluding hydrogens is 169 g/mol. The molecule has 0 saturated heterocycles. The lowest BCUT2D eigenvalue weighted by molar-refractivity contribution is -0.0918. The molecule has 0 aromatic rings. The van der Waals surface area contributed by atoms with Crippen LogP contribution in [0.1, 0.15) is 0 Å². The second-order valence-electron chi connectivity index (χ2n) is 2.07. The van der Waals surface area contributed by atoms with Crippen molar-refractivity contribution in [2.24, 2.45) is 10.7 Å². The molecule has 0 aliphatic rings. The van der Waals surface area contributed by atoms with E-state index in [1.807, 2.05) is 0 Å². The molecule has 0 rings (SSSR count). The average Bonchev–Trinajstić information content (AvgIpc) is 1.97. The van der Waals surface area contributed by atoms with Crippen LogP contribution in [0.4, 0.5) is 13.2 Å². The van der Waals surface area contributed by atoms with Gasteiger partial charge in [-0.1, -0.05) is 13.2 Å². The van der Waals surface area contributed by atoms with Crippen molar-refractivity contribution in [2.75, 3.05) is 6.54 Å². The highest BCUT2D eigenvalue weighted by atomic mass is 19.4. The number of rotatable bonds is 3. The first kappa shape index (κ1) is 10.9. The van der Waals surface area contributed by atoms with Gasteiger partial charge < -0.3 is 5.73 Å². The van der Waals surface area contributed by atoms with Gasteiger partial charge in [0, 0.05) is 12.8 Å². The standard InChI is InChI=1S/C7H9F3N2/c1-5(3-11)4-12-6(2)7(8,9)10/h4H,1-3,11H2. The van der Waals surface area contributed by atoms with E-state index in [1.54, 1.807) is 0 Å². The van der Waals surface area contributed by atoms with E-state index in [2.05, 4.69) is 18.2 Å². The molecule has 0 fully saturated rings. The van der Waals surface area contributed by atoms with Crippen molar-refractivity contribution in [1.82, 2.24) is 0 Å². The summed E-state index contributed by atoms with van der Waals surface area (Å²) in [6.45, 7) is 6.15. The number of hydrogen-bond acceptors (Lipinski definition) is 2. The normalized spacial score (nSPS) is 12.0. The third kappa shape index (κ3) is 3.92. The van der Waals surface area contributed by atoms with E-state index in [-0.39, 0.29) is 6.54 Å². The molecule has 0 atom stereocenters. The fourth-order valence-electron chi connectivity index (χ4n) is 0.295. The summed E-state index contributed by atoms with van der Waals surface area (Å²) in [6, 6.07) is 0. The van der Waals surface area contributed by atoms with Crippen LogP contribution in [-0.2, 0) is 0 Å². The molecule has 0 heterocycles. The molecule has 0 aliphatic heterocycles. The maximum atomic E-state index is 11.7. The Morgan fingerprint density at radius 1 is 1.42 bits per heavy atom. The average molecular weight is 178 g/mol. The summed E-state index contributed by atoms with van der Waals surface area (Å²) < 4.78 is 35.2. The maximum Gasteiger partial charge on any atom is 0.432 e. The molecule has 0 saturated carbocycles. The molecule has 0 aromatic heterocycles. The molecule has 0 unspecified atom stereocenters. The molecule has 2 N–H and O–H groups in total. The lowest BCUT2D eigenvalue weighted by Gasteiger charge is -2.03. The van der Waals surface area contributed by atoms with Crippen LogP contribution >= 0.6 is 0 Å². The zero-order chi connectivity index (χ0) is 9.78. The maximum absolute atomic E-state index is 11.7. The number of nitrogens with two attached hydrogens (primary N) is 1. The van der Waals surface area contributed by atoms with Crippen molar-refractivity contribution in [2.45, 2.75) is 6.18 Å². The molecule has 0 bridgehead atoms. The molecule has 5 heteroatoms. The van der Waals surface area contributed by atoms with E-state index in [1.165, 1.54) is 0 Å². The quantitative estimate of drug-likeness (QED) is 0.655. The Morgan fingerprint density at radius 2 is 1.92 bits per heavy atom. The van der Waals surface area contributed by atoms with Gasteiger partial charge in [-0.15, -0.1) is 0 Å². The highest BCUT2D eigenvalue weighted by molar-refractivity contribution is 5.78. The van der Waals surface area contributed by atoms with Crippen LogP contribution < -0.4 is 5.73 Å². The summed E-state index contributed by atoms with van der Waals surface area (Å²) in [6.07, 6.45) is -3.53. The van der Waals surface area contributed by atoms with Gasteiger partial charge in [0.05, 0.1) is 0 Å². The van der Waals surface area contributed by atoms with E-state index < -0.39 is 11.9 Å². The summed E-state index contributed by atoms with van der Waals surface area (Å²) in [7, 11) is 0. The molecule has 0 radical (unpaired) electrons. The minimum Gasteiger partial charge on any atom is -0.326 e. The first-order valence-corrected chi connectivity index (χ1v) is 3.06. The lowest BCUT2D eigenvalue weighted by atomic mass is 10.3. The monoisotopic (exact) mass is 178 g/mol.